The van der Waals surface area contributed by atoms with E-state index in [-0.39, 0.29) is 156 Å². The number of carboxylic acids is 1. The van der Waals surface area contributed by atoms with E-state index < -0.39 is 227 Å². The number of carbonyl (C=O) groups excluding carboxylic acids is 19. The Hall–Kier alpha value is -11.8. The van der Waals surface area contributed by atoms with Crippen LogP contribution in [0, 0.1) is 11.8 Å². The van der Waals surface area contributed by atoms with Crippen molar-refractivity contribution in [1.82, 2.24) is 96.0 Å². The number of hydrogen-bond donors (Lipinski definition) is 23. The number of rotatable bonds is 53. The normalized spacial score (nSPS) is 21.7. The highest BCUT2D eigenvalue weighted by molar-refractivity contribution is 6.43. The van der Waals surface area contributed by atoms with Gasteiger partial charge in [-0.3, -0.25) is 107 Å². The standard InChI is InChI=1S/C106H162N20O23/c1-61(2)49-80(117-70(12)128)96(142)98(144)95(69(11)127)126-125-83(51-71-31-25-24-26-32-71)103(149)120-106(16)46-30-23-21-19-17-18-20-22-29-45-105(15,92(138)60-114-64(6)85(131)44-47-109-63(5)84(130)43-48-110-66(8)89(135)58-116-104(13,14)91(137)59-113-67(9)88(134)56-112-68(10)100(108)146)119-102(148)81(50-62(3)4)123-121-77(39-41-93(107)139)90(136)57-111-65(7)86(132)54-87(133)79(53-73-55-115-76-34-28-27-33-75(73)76)122-124-82(52-72-35-37-74(129)38-36-72)101(147)118-78(40-42-94(140)141)97(143)99(106)145/h18,20,24-28,31-38,55,61-69,77-83,95,109-116,121-127,129H,17,19,21-23,29-30,39-54,56-60H2,1-16H3,(H2,107,139)(H2,108,146)(H,117,128)(H,118,147)(H,119,148)(H,120,149)(H,140,141)/b20-18+/t63-,64-,65-,66-,67-,68+,69+,77-,78-,79-,80-,81-,82-,83-,95-,105-,106+/m0/s1. The highest BCUT2D eigenvalue weighted by Gasteiger charge is 2.46. The number of allylic oxidation sites excluding steroid dienone is 2. The van der Waals surface area contributed by atoms with Crippen LogP contribution >= 0.6 is 0 Å². The number of nitrogens with two attached hydrogens (primary N) is 2. The van der Waals surface area contributed by atoms with Crippen LogP contribution in [0.2, 0.25) is 0 Å². The summed E-state index contributed by atoms with van der Waals surface area (Å²) in [5, 5.41) is 63.9. The summed E-state index contributed by atoms with van der Waals surface area (Å²) >= 11 is 0. The zero-order chi connectivity index (χ0) is 111. The maximum Gasteiger partial charge on any atom is 0.303 e. The van der Waals surface area contributed by atoms with Gasteiger partial charge in [0.05, 0.1) is 117 Å². The van der Waals surface area contributed by atoms with Crippen molar-refractivity contribution in [1.29, 1.82) is 0 Å². The lowest BCUT2D eigenvalue weighted by Crippen LogP contribution is -2.65. The molecule has 0 aliphatic carbocycles. The van der Waals surface area contributed by atoms with Crippen LogP contribution in [0.3, 0.4) is 0 Å². The van der Waals surface area contributed by atoms with Gasteiger partial charge in [0.1, 0.15) is 35.5 Å². The number of nitrogens with one attached hydrogen (secondary N) is 18. The summed E-state index contributed by atoms with van der Waals surface area (Å²) in [7, 11) is 0. The van der Waals surface area contributed by atoms with E-state index in [1.807, 2.05) is 26.0 Å². The number of phenolic OH excluding ortho intramolecular Hbond substituents is 1. The van der Waals surface area contributed by atoms with Crippen molar-refractivity contribution in [2.24, 2.45) is 23.3 Å². The molecular weight excluding hydrogens is 1920 g/mol. The second-order valence-corrected chi connectivity index (χ2v) is 40.8. The van der Waals surface area contributed by atoms with Gasteiger partial charge in [0.25, 0.3) is 0 Å². The van der Waals surface area contributed by atoms with Gasteiger partial charge in [-0.2, -0.15) is 0 Å². The smallest absolute Gasteiger partial charge is 0.303 e. The third-order valence-corrected chi connectivity index (χ3v) is 26.5. The summed E-state index contributed by atoms with van der Waals surface area (Å²) in [6.07, 6.45) is 3.11. The molecule has 0 spiro atoms. The minimum Gasteiger partial charge on any atom is -0.508 e. The van der Waals surface area contributed by atoms with Crippen LogP contribution in [0.25, 0.3) is 10.9 Å². The largest absolute Gasteiger partial charge is 0.508 e. The molecule has 149 heavy (non-hydrogen) atoms. The van der Waals surface area contributed by atoms with Gasteiger partial charge in [0, 0.05) is 62.8 Å². The molecule has 5 rings (SSSR count). The van der Waals surface area contributed by atoms with Gasteiger partial charge in [-0.25, -0.2) is 32.6 Å². The predicted octanol–water partition coefficient (Wildman–Crippen LogP) is 1.11. The van der Waals surface area contributed by atoms with Crippen molar-refractivity contribution >= 4 is 127 Å². The molecule has 0 saturated heterocycles. The summed E-state index contributed by atoms with van der Waals surface area (Å²) in [6.45, 7) is 23.7. The Labute approximate surface area is 872 Å². The van der Waals surface area contributed by atoms with Crippen LogP contribution in [0.4, 0.5) is 0 Å². The summed E-state index contributed by atoms with van der Waals surface area (Å²) in [6, 6.07) is 4.37. The van der Waals surface area contributed by atoms with Crippen molar-refractivity contribution in [2.75, 3.05) is 45.8 Å². The lowest BCUT2D eigenvalue weighted by molar-refractivity contribution is -0.145. The third-order valence-electron chi connectivity index (χ3n) is 26.5. The number of Topliss-reactive ketones (excluding diaryl/α,β-unsaturated/α-hetero) is 13. The van der Waals surface area contributed by atoms with Crippen LogP contribution in [-0.4, -0.2) is 290 Å². The summed E-state index contributed by atoms with van der Waals surface area (Å²) in [4.78, 5) is 282. The van der Waals surface area contributed by atoms with Gasteiger partial charge in [-0.15, -0.1) is 0 Å². The van der Waals surface area contributed by atoms with Crippen molar-refractivity contribution in [3.8, 4) is 5.75 Å². The van der Waals surface area contributed by atoms with Crippen LogP contribution in [0.5, 0.6) is 5.75 Å². The number of fused-ring (bicyclic) bond motifs is 1. The number of aromatic hydroxyl groups is 1. The highest BCUT2D eigenvalue weighted by atomic mass is 16.4. The molecule has 0 bridgehead atoms. The first-order chi connectivity index (χ1) is 70.1. The average Bonchev–Trinajstić information content (AvgIpc) is 1.70. The molecule has 6 amide bonds. The lowest BCUT2D eigenvalue weighted by Gasteiger charge is -2.33. The first-order valence-electron chi connectivity index (χ1n) is 51.5. The number of benzene rings is 3. The van der Waals surface area contributed by atoms with E-state index in [1.165, 1.54) is 58.9 Å². The number of amides is 6. The molecule has 1 aromatic heterocycles. The van der Waals surface area contributed by atoms with E-state index in [0.29, 0.717) is 66.1 Å². The summed E-state index contributed by atoms with van der Waals surface area (Å²) in [5.41, 5.74) is 25.3. The second-order valence-electron chi connectivity index (χ2n) is 40.8. The molecule has 43 heteroatoms. The van der Waals surface area contributed by atoms with Gasteiger partial charge in [0.15, 0.2) is 52.0 Å². The van der Waals surface area contributed by atoms with E-state index in [1.54, 1.807) is 123 Å². The number of aliphatic hydroxyl groups is 1. The second kappa shape index (κ2) is 64.0. The number of carbonyl (C=O) groups is 20. The number of aliphatic hydroxyl groups excluding tert-OH is 1. The first kappa shape index (κ1) is 128. The van der Waals surface area contributed by atoms with Gasteiger partial charge in [-0.1, -0.05) is 120 Å². The van der Waals surface area contributed by atoms with E-state index in [9.17, 15) is 87.2 Å². The molecule has 824 valence electrons. The van der Waals surface area contributed by atoms with Crippen molar-refractivity contribution in [2.45, 2.75) is 353 Å². The number of phenols is 1. The molecule has 43 nitrogen and oxygen atoms in total. The molecule has 3 aromatic carbocycles. The Balaban J connectivity index is 1.47. The van der Waals surface area contributed by atoms with Crippen molar-refractivity contribution in [3.63, 3.8) is 0 Å². The molecule has 0 fully saturated rings. The molecule has 2 heterocycles. The molecule has 0 saturated carbocycles. The SMILES string of the molecule is CC(=O)N[C@@H](CC(C)C)C(=O)C(=O)[C@@H](NN[C@@H](Cc1ccccc1)C(=O)N[C@]1(C)CCCCCC/C=C/CCC[C@@](C)(C(=O)CN[C@@H](C)C(=O)CCN[C@@H](C)C(=O)CCN[C@@H](C)C(=O)CNC(C)(C)C(=O)CN[C@@H](C)C(=O)CN[C@H](C)C(N)=O)NC(=O)[C@H](CC(C)C)NN[C@@H](CCC(N)=O)C(=O)CN[C@@H](C)C(=O)CC(=O)[C@H](Cc2c[nH]c3ccccc23)NN[C@@H](Cc2ccc(O)cc2)C(=O)N[C@@H](CCC(=O)O)C(=O)C1=O)[C@@H](C)O. The number of H-pyrrole nitrogens is 1. The van der Waals surface area contributed by atoms with Crippen molar-refractivity contribution < 1.29 is 111 Å². The van der Waals surface area contributed by atoms with E-state index in [0.717, 1.165) is 0 Å². The Morgan fingerprint density at radius 1 is 0.544 bits per heavy atom. The fraction of sp³-hybridized carbons (Fsp3) is 0.604. The zero-order valence-corrected chi connectivity index (χ0v) is 89.0. The molecular formula is C106H162N20O23. The molecule has 0 unspecified atom stereocenters. The minimum absolute atomic E-state index is 0.0114. The first-order valence-corrected chi connectivity index (χ1v) is 51.5. The molecule has 17 atom stereocenters. The minimum atomic E-state index is -2.20. The molecule has 1 aliphatic rings. The van der Waals surface area contributed by atoms with Crippen LogP contribution in [0.1, 0.15) is 243 Å². The number of hydrogen-bond acceptors (Lipinski definition) is 35. The molecule has 4 aromatic rings. The number of aromatic amines is 1. The Kier molecular flexibility index (Phi) is 54.8. The van der Waals surface area contributed by atoms with Gasteiger partial charge >= 0.3 is 5.97 Å². The zero-order valence-electron chi connectivity index (χ0n) is 89.0. The summed E-state index contributed by atoms with van der Waals surface area (Å²) in [5.74, 6) is -15.5. The monoisotopic (exact) mass is 2080 g/mol. The Bertz CT molecular complexity index is 5220. The number of primary amides is 2. The maximum atomic E-state index is 15.7. The molecule has 0 radical (unpaired) electrons. The van der Waals surface area contributed by atoms with Crippen LogP contribution in [-0.2, 0) is 115 Å². The number of carboxylic acid groups (broad SMARTS) is 1. The highest BCUT2D eigenvalue weighted by Crippen LogP contribution is 2.26. The van der Waals surface area contributed by atoms with E-state index >= 15 is 24.0 Å². The van der Waals surface area contributed by atoms with Crippen LogP contribution in [0.15, 0.2) is 97.2 Å². The fourth-order valence-electron chi connectivity index (χ4n) is 16.5. The maximum absolute atomic E-state index is 15.7. The number of aromatic nitrogens is 1. The Morgan fingerprint density at radius 3 is 1.73 bits per heavy atom. The third kappa shape index (κ3) is 45.1. The summed E-state index contributed by atoms with van der Waals surface area (Å²) < 4.78 is 0. The molecule has 1 aliphatic heterocycles. The fourth-order valence-corrected chi connectivity index (χ4v) is 16.5. The van der Waals surface area contributed by atoms with Gasteiger partial charge in [0.2, 0.25) is 58.6 Å². The topological polar surface area (TPSA) is 674 Å². The number of para-hydroxylation sites is 1. The Morgan fingerprint density at radius 2 is 1.11 bits per heavy atom. The van der Waals surface area contributed by atoms with E-state index in [4.69, 9.17) is 11.5 Å². The lowest BCUT2D eigenvalue weighted by atomic mass is 9.84. The molecule has 25 N–H and O–H groups in total. The van der Waals surface area contributed by atoms with Crippen LogP contribution < -0.4 is 103 Å². The van der Waals surface area contributed by atoms with E-state index in [2.05, 4.69) is 96.0 Å². The number of ketones is 13. The van der Waals surface area contributed by atoms with Gasteiger partial charge < -0.3 is 79.6 Å². The number of hydrazine groups is 3. The van der Waals surface area contributed by atoms with Crippen molar-refractivity contribution in [3.05, 3.63) is 114 Å². The average molecular weight is 2080 g/mol. The van der Waals surface area contributed by atoms with Gasteiger partial charge in [-0.05, 0) is 206 Å². The quantitative estimate of drug-likeness (QED) is 0.0127. The predicted molar refractivity (Wildman–Crippen MR) is 560 cm³/mol. The number of aliphatic carboxylic acids is 1.